The second-order valence-corrected chi connectivity index (χ2v) is 6.69. The minimum Gasteiger partial charge on any atom is -0.309 e. The van der Waals surface area contributed by atoms with Crippen LogP contribution in [0.15, 0.2) is 35.2 Å². The van der Waals surface area contributed by atoms with Gasteiger partial charge in [-0.25, -0.2) is 0 Å². The summed E-state index contributed by atoms with van der Waals surface area (Å²) in [6.07, 6.45) is 0.453. The molecule has 1 aromatic carbocycles. The number of rotatable bonds is 8. The van der Waals surface area contributed by atoms with E-state index in [4.69, 9.17) is 9.05 Å². The molecule has 0 N–H and O–H groups in total. The van der Waals surface area contributed by atoms with Crippen molar-refractivity contribution >= 4 is 19.4 Å². The smallest absolute Gasteiger partial charge is 0.309 e. The van der Waals surface area contributed by atoms with Crippen LogP contribution >= 0.6 is 19.4 Å². The summed E-state index contributed by atoms with van der Waals surface area (Å²) in [6.45, 7) is 4.51. The summed E-state index contributed by atoms with van der Waals surface area (Å²) < 4.78 is 22.6. The van der Waals surface area contributed by atoms with Crippen LogP contribution in [0.5, 0.6) is 0 Å². The normalized spacial score (nSPS) is 11.6. The first-order chi connectivity index (χ1) is 8.20. The molecule has 0 bridgehead atoms. The maximum Gasteiger partial charge on any atom is 0.331 e. The first-order valence-electron chi connectivity index (χ1n) is 5.76. The Bertz CT molecular complexity index is 346. The van der Waals surface area contributed by atoms with Crippen LogP contribution in [-0.4, -0.2) is 25.1 Å². The maximum absolute atomic E-state index is 12.1. The molecule has 0 aromatic heterocycles. The van der Waals surface area contributed by atoms with E-state index < -0.39 is 7.60 Å². The molecule has 0 aliphatic heterocycles. The predicted octanol–water partition coefficient (Wildman–Crippen LogP) is 4.04. The molecular weight excluding hydrogens is 255 g/mol. The highest BCUT2D eigenvalue weighted by molar-refractivity contribution is 7.99. The third kappa shape index (κ3) is 5.73. The molecule has 0 radical (unpaired) electrons. The third-order valence-electron chi connectivity index (χ3n) is 2.03. The summed E-state index contributed by atoms with van der Waals surface area (Å²) in [5.74, 6) is 0.737. The van der Waals surface area contributed by atoms with Gasteiger partial charge in [-0.05, 0) is 26.0 Å². The van der Waals surface area contributed by atoms with Crippen LogP contribution in [0.2, 0.25) is 0 Å². The van der Waals surface area contributed by atoms with Gasteiger partial charge in [0, 0.05) is 10.6 Å². The summed E-state index contributed by atoms with van der Waals surface area (Å²) in [6, 6.07) is 10.0. The van der Waals surface area contributed by atoms with Crippen LogP contribution in [0.25, 0.3) is 0 Å². The Morgan fingerprint density at radius 2 is 1.71 bits per heavy atom. The molecular formula is C12H19O3PS. The lowest BCUT2D eigenvalue weighted by Gasteiger charge is -2.16. The van der Waals surface area contributed by atoms with Crippen molar-refractivity contribution in [1.29, 1.82) is 0 Å². The summed E-state index contributed by atoms with van der Waals surface area (Å²) in [4.78, 5) is 1.17. The van der Waals surface area contributed by atoms with Crippen molar-refractivity contribution in [3.05, 3.63) is 30.3 Å². The van der Waals surface area contributed by atoms with Gasteiger partial charge in [0.1, 0.15) is 0 Å². The van der Waals surface area contributed by atoms with E-state index in [1.165, 1.54) is 4.90 Å². The molecule has 0 atom stereocenters. The van der Waals surface area contributed by atoms with Gasteiger partial charge >= 0.3 is 7.60 Å². The Hall–Kier alpha value is -0.280. The van der Waals surface area contributed by atoms with Gasteiger partial charge in [0.2, 0.25) is 0 Å². The quantitative estimate of drug-likeness (QED) is 0.529. The fourth-order valence-corrected chi connectivity index (χ4v) is 4.32. The number of benzene rings is 1. The van der Waals surface area contributed by atoms with Gasteiger partial charge in [-0.1, -0.05) is 18.2 Å². The Morgan fingerprint density at radius 1 is 1.12 bits per heavy atom. The molecule has 0 amide bonds. The van der Waals surface area contributed by atoms with Gasteiger partial charge in [-0.3, -0.25) is 4.57 Å². The Kier molecular flexibility index (Phi) is 6.90. The third-order valence-corrected chi connectivity index (χ3v) is 5.42. The number of thioether (sulfide) groups is 1. The molecule has 1 rings (SSSR count). The summed E-state index contributed by atoms with van der Waals surface area (Å²) in [7, 11) is -2.88. The molecule has 0 aliphatic carbocycles. The van der Waals surface area contributed by atoms with E-state index in [0.29, 0.717) is 19.4 Å². The van der Waals surface area contributed by atoms with Crippen LogP contribution < -0.4 is 0 Å². The molecule has 0 unspecified atom stereocenters. The first kappa shape index (κ1) is 14.8. The average Bonchev–Trinajstić information content (AvgIpc) is 2.31. The molecule has 5 heteroatoms. The van der Waals surface area contributed by atoms with Crippen molar-refractivity contribution in [3.8, 4) is 0 Å². The van der Waals surface area contributed by atoms with E-state index in [2.05, 4.69) is 0 Å². The molecule has 0 spiro atoms. The van der Waals surface area contributed by atoms with Gasteiger partial charge in [0.25, 0.3) is 0 Å². The van der Waals surface area contributed by atoms with Crippen LogP contribution in [0.1, 0.15) is 13.8 Å². The van der Waals surface area contributed by atoms with Crippen LogP contribution in [-0.2, 0) is 13.6 Å². The van der Waals surface area contributed by atoms with Crippen LogP contribution in [0.4, 0.5) is 0 Å². The van der Waals surface area contributed by atoms with E-state index in [1.807, 2.05) is 44.2 Å². The second kappa shape index (κ2) is 7.93. The average molecular weight is 274 g/mol. The van der Waals surface area contributed by atoms with Gasteiger partial charge in [-0.2, -0.15) is 0 Å². The van der Waals surface area contributed by atoms with Crippen molar-refractivity contribution in [2.24, 2.45) is 0 Å². The zero-order valence-corrected chi connectivity index (χ0v) is 12.0. The molecule has 1 aromatic rings. The van der Waals surface area contributed by atoms with E-state index >= 15 is 0 Å². The molecule has 0 saturated carbocycles. The second-order valence-electron chi connectivity index (χ2n) is 3.33. The summed E-state index contributed by atoms with van der Waals surface area (Å²) >= 11 is 1.67. The maximum atomic E-state index is 12.1. The summed E-state index contributed by atoms with van der Waals surface area (Å²) in [5, 5.41) is 0. The van der Waals surface area contributed by atoms with Crippen molar-refractivity contribution in [2.45, 2.75) is 18.7 Å². The van der Waals surface area contributed by atoms with Gasteiger partial charge < -0.3 is 9.05 Å². The molecule has 96 valence electrons. The fraction of sp³-hybridized carbons (Fsp3) is 0.500. The summed E-state index contributed by atoms with van der Waals surface area (Å²) in [5.41, 5.74) is 0. The lowest BCUT2D eigenvalue weighted by Crippen LogP contribution is -2.01. The van der Waals surface area contributed by atoms with Crippen molar-refractivity contribution in [1.82, 2.24) is 0 Å². The highest BCUT2D eigenvalue weighted by Crippen LogP contribution is 2.48. The van der Waals surface area contributed by atoms with Crippen LogP contribution in [0, 0.1) is 0 Å². The van der Waals surface area contributed by atoms with Crippen molar-refractivity contribution in [3.63, 3.8) is 0 Å². The predicted molar refractivity (Wildman–Crippen MR) is 72.9 cm³/mol. The zero-order chi connectivity index (χ0) is 12.6. The topological polar surface area (TPSA) is 35.5 Å². The standard InChI is InChI=1S/C12H19O3PS/c1-3-14-16(13,15-4-2)10-11-17-12-8-6-5-7-9-12/h5-9H,3-4,10-11H2,1-2H3. The van der Waals surface area contributed by atoms with Gasteiger partial charge in [0.05, 0.1) is 19.4 Å². The molecule has 0 aliphatic rings. The van der Waals surface area contributed by atoms with Crippen LogP contribution in [0.3, 0.4) is 0 Å². The lowest BCUT2D eigenvalue weighted by molar-refractivity contribution is 0.221. The Labute approximate surface area is 107 Å². The zero-order valence-electron chi connectivity index (χ0n) is 10.3. The first-order valence-corrected chi connectivity index (χ1v) is 8.47. The monoisotopic (exact) mass is 274 g/mol. The highest BCUT2D eigenvalue weighted by Gasteiger charge is 2.22. The van der Waals surface area contributed by atoms with Gasteiger partial charge in [-0.15, -0.1) is 11.8 Å². The Balaban J connectivity index is 2.40. The fourth-order valence-electron chi connectivity index (χ4n) is 1.35. The lowest BCUT2D eigenvalue weighted by atomic mass is 10.4. The highest BCUT2D eigenvalue weighted by atomic mass is 32.2. The van der Waals surface area contributed by atoms with Crippen molar-refractivity contribution in [2.75, 3.05) is 25.1 Å². The minimum atomic E-state index is -2.88. The van der Waals surface area contributed by atoms with E-state index in [-0.39, 0.29) is 0 Å². The number of hydrogen-bond acceptors (Lipinski definition) is 4. The van der Waals surface area contributed by atoms with E-state index in [0.717, 1.165) is 5.75 Å². The van der Waals surface area contributed by atoms with E-state index in [9.17, 15) is 4.57 Å². The molecule has 0 fully saturated rings. The largest absolute Gasteiger partial charge is 0.331 e. The SMILES string of the molecule is CCOP(=O)(CCSc1ccccc1)OCC. The van der Waals surface area contributed by atoms with Crippen molar-refractivity contribution < 1.29 is 13.6 Å². The molecule has 3 nitrogen and oxygen atoms in total. The number of hydrogen-bond donors (Lipinski definition) is 0. The molecule has 17 heavy (non-hydrogen) atoms. The Morgan fingerprint density at radius 3 is 2.24 bits per heavy atom. The molecule has 0 heterocycles. The van der Waals surface area contributed by atoms with Gasteiger partial charge in [0.15, 0.2) is 0 Å². The minimum absolute atomic E-state index is 0.424. The molecule has 0 saturated heterocycles. The van der Waals surface area contributed by atoms with E-state index in [1.54, 1.807) is 11.8 Å².